The van der Waals surface area contributed by atoms with Crippen LogP contribution in [0.2, 0.25) is 26.8 Å². The highest BCUT2D eigenvalue weighted by Crippen LogP contribution is 2.37. The number of nitrogens with zero attached hydrogens (tertiary/aromatic N) is 4. The highest BCUT2D eigenvalue weighted by atomic mass is 35.5. The SMILES string of the molecule is CC(C)(C)[Si](C)(C)OCc1cccc(Nc2ncc(Cl)s2)n1.ClCc1cccc(Nc2ncc(Cl)s2)n1. The Kier molecular flexibility index (Phi) is 10.7. The van der Waals surface area contributed by atoms with Crippen molar-refractivity contribution in [3.63, 3.8) is 0 Å². The molecule has 4 heterocycles. The van der Waals surface area contributed by atoms with E-state index in [9.17, 15) is 0 Å². The Labute approximate surface area is 241 Å². The Morgan fingerprint density at radius 1 is 0.838 bits per heavy atom. The zero-order chi connectivity index (χ0) is 27.1. The Hall–Kier alpha value is -1.79. The number of halogens is 3. The zero-order valence-corrected chi connectivity index (χ0v) is 26.1. The van der Waals surface area contributed by atoms with Crippen LogP contribution in [0.25, 0.3) is 0 Å². The fourth-order valence-corrected chi connectivity index (χ4v) is 5.30. The summed E-state index contributed by atoms with van der Waals surface area (Å²) in [5.74, 6) is 1.87. The van der Waals surface area contributed by atoms with E-state index in [1.54, 1.807) is 12.4 Å². The number of rotatable bonds is 8. The summed E-state index contributed by atoms with van der Waals surface area (Å²) in [7, 11) is -1.76. The zero-order valence-electron chi connectivity index (χ0n) is 21.2. The summed E-state index contributed by atoms with van der Waals surface area (Å²) < 4.78 is 7.50. The molecule has 4 aromatic heterocycles. The van der Waals surface area contributed by atoms with Crippen LogP contribution in [0.15, 0.2) is 48.8 Å². The largest absolute Gasteiger partial charge is 0.411 e. The van der Waals surface area contributed by atoms with E-state index in [-0.39, 0.29) is 5.04 Å². The average Bonchev–Trinajstić information content (AvgIpc) is 3.45. The van der Waals surface area contributed by atoms with Gasteiger partial charge in [-0.3, -0.25) is 0 Å². The van der Waals surface area contributed by atoms with E-state index in [1.165, 1.54) is 22.7 Å². The van der Waals surface area contributed by atoms with Crippen molar-refractivity contribution < 1.29 is 4.43 Å². The van der Waals surface area contributed by atoms with Crippen LogP contribution in [0, 0.1) is 0 Å². The van der Waals surface area contributed by atoms with Gasteiger partial charge in [0.05, 0.1) is 36.3 Å². The van der Waals surface area contributed by atoms with Crippen LogP contribution in [0.4, 0.5) is 21.9 Å². The van der Waals surface area contributed by atoms with Crippen LogP contribution in [0.3, 0.4) is 0 Å². The summed E-state index contributed by atoms with van der Waals surface area (Å²) in [6.07, 6.45) is 3.22. The first-order valence-electron chi connectivity index (χ1n) is 11.3. The highest BCUT2D eigenvalue weighted by molar-refractivity contribution is 7.19. The molecule has 198 valence electrons. The molecule has 0 atom stereocenters. The number of thiazole rings is 2. The quantitative estimate of drug-likeness (QED) is 0.151. The van der Waals surface area contributed by atoms with Gasteiger partial charge in [-0.15, -0.1) is 11.6 Å². The van der Waals surface area contributed by atoms with Gasteiger partial charge in [0, 0.05) is 0 Å². The predicted octanol–water partition coefficient (Wildman–Crippen LogP) is 9.13. The molecule has 0 bridgehead atoms. The molecular weight excluding hydrogens is 587 g/mol. The third-order valence-corrected chi connectivity index (χ3v) is 12.4. The van der Waals surface area contributed by atoms with Gasteiger partial charge < -0.3 is 15.1 Å². The Balaban J connectivity index is 0.000000220. The molecule has 0 radical (unpaired) electrons. The van der Waals surface area contributed by atoms with Crippen molar-refractivity contribution in [1.82, 2.24) is 19.9 Å². The topological polar surface area (TPSA) is 84.9 Å². The van der Waals surface area contributed by atoms with Gasteiger partial charge in [-0.05, 0) is 42.4 Å². The maximum Gasteiger partial charge on any atom is 0.192 e. The van der Waals surface area contributed by atoms with E-state index in [1.807, 2.05) is 36.4 Å². The molecule has 7 nitrogen and oxygen atoms in total. The fourth-order valence-electron chi connectivity index (χ4n) is 2.57. The Morgan fingerprint density at radius 3 is 1.76 bits per heavy atom. The van der Waals surface area contributed by atoms with Gasteiger partial charge in [-0.25, -0.2) is 19.9 Å². The van der Waals surface area contributed by atoms with Gasteiger partial charge in [0.1, 0.15) is 20.3 Å². The maximum atomic E-state index is 6.20. The van der Waals surface area contributed by atoms with E-state index in [0.717, 1.165) is 33.3 Å². The number of alkyl halides is 1. The third kappa shape index (κ3) is 9.47. The smallest absolute Gasteiger partial charge is 0.192 e. The van der Waals surface area contributed by atoms with Gasteiger partial charge in [0.25, 0.3) is 0 Å². The molecule has 0 unspecified atom stereocenters. The lowest BCUT2D eigenvalue weighted by Crippen LogP contribution is -2.40. The lowest BCUT2D eigenvalue weighted by molar-refractivity contribution is 0.272. The number of nitrogens with one attached hydrogen (secondary N) is 2. The normalized spacial score (nSPS) is 11.6. The first-order chi connectivity index (χ1) is 17.4. The third-order valence-electron chi connectivity index (χ3n) is 5.56. The molecule has 0 aliphatic carbocycles. The summed E-state index contributed by atoms with van der Waals surface area (Å²) in [5, 5.41) is 7.87. The van der Waals surface area contributed by atoms with Gasteiger partial charge in [-0.1, -0.05) is 78.8 Å². The molecule has 0 saturated heterocycles. The molecule has 0 saturated carbocycles. The second-order valence-electron chi connectivity index (χ2n) is 9.40. The van der Waals surface area contributed by atoms with Crippen molar-refractivity contribution in [1.29, 1.82) is 0 Å². The highest BCUT2D eigenvalue weighted by Gasteiger charge is 2.37. The minimum atomic E-state index is -1.76. The molecule has 0 fully saturated rings. The van der Waals surface area contributed by atoms with Crippen molar-refractivity contribution in [2.75, 3.05) is 10.6 Å². The van der Waals surface area contributed by atoms with Crippen LogP contribution in [0.1, 0.15) is 32.2 Å². The Bertz CT molecular complexity index is 1300. The number of aromatic nitrogens is 4. The van der Waals surface area contributed by atoms with Crippen LogP contribution in [-0.2, 0) is 16.9 Å². The van der Waals surface area contributed by atoms with Gasteiger partial charge in [-0.2, -0.15) is 0 Å². The first-order valence-corrected chi connectivity index (χ1v) is 17.2. The minimum Gasteiger partial charge on any atom is -0.411 e. The molecule has 2 N–H and O–H groups in total. The second-order valence-corrected chi connectivity index (χ2v) is 17.8. The van der Waals surface area contributed by atoms with Gasteiger partial charge in [0.2, 0.25) is 0 Å². The summed E-state index contributed by atoms with van der Waals surface area (Å²) >= 11 is 20.1. The molecule has 13 heteroatoms. The molecule has 4 rings (SSSR count). The number of anilines is 4. The van der Waals surface area contributed by atoms with Crippen LogP contribution < -0.4 is 10.6 Å². The van der Waals surface area contributed by atoms with Crippen molar-refractivity contribution >= 4 is 87.7 Å². The fraction of sp³-hybridized carbons (Fsp3) is 0.333. The van der Waals surface area contributed by atoms with E-state index in [4.69, 9.17) is 39.2 Å². The molecule has 0 aliphatic rings. The predicted molar refractivity (Wildman–Crippen MR) is 161 cm³/mol. The van der Waals surface area contributed by atoms with Crippen molar-refractivity contribution in [2.24, 2.45) is 0 Å². The van der Waals surface area contributed by atoms with E-state index >= 15 is 0 Å². The second kappa shape index (κ2) is 13.3. The molecule has 4 aromatic rings. The Morgan fingerprint density at radius 2 is 1.32 bits per heavy atom. The summed E-state index contributed by atoms with van der Waals surface area (Å²) in [6.45, 7) is 11.7. The van der Waals surface area contributed by atoms with Crippen LogP contribution >= 0.6 is 57.5 Å². The lowest BCUT2D eigenvalue weighted by Gasteiger charge is -2.36. The van der Waals surface area contributed by atoms with E-state index in [0.29, 0.717) is 21.2 Å². The molecule has 0 aromatic carbocycles. The number of hydrogen-bond donors (Lipinski definition) is 2. The molecule has 0 aliphatic heterocycles. The molecule has 0 amide bonds. The van der Waals surface area contributed by atoms with Gasteiger partial charge in [0.15, 0.2) is 18.6 Å². The number of pyridine rings is 2. The number of hydrogen-bond acceptors (Lipinski definition) is 9. The average molecular weight is 616 g/mol. The van der Waals surface area contributed by atoms with Crippen LogP contribution in [-0.4, -0.2) is 28.3 Å². The lowest BCUT2D eigenvalue weighted by atomic mass is 10.2. The molecule has 0 spiro atoms. The molecular formula is C24H29Cl3N6OS2Si. The molecule has 37 heavy (non-hydrogen) atoms. The van der Waals surface area contributed by atoms with Gasteiger partial charge >= 0.3 is 0 Å². The van der Waals surface area contributed by atoms with Crippen molar-refractivity contribution in [3.8, 4) is 0 Å². The van der Waals surface area contributed by atoms with Crippen molar-refractivity contribution in [3.05, 3.63) is 68.9 Å². The van der Waals surface area contributed by atoms with E-state index in [2.05, 4.69) is 64.4 Å². The van der Waals surface area contributed by atoms with E-state index < -0.39 is 8.32 Å². The van der Waals surface area contributed by atoms with Crippen molar-refractivity contribution in [2.45, 2.75) is 51.4 Å². The first kappa shape index (κ1) is 29.8. The van der Waals surface area contributed by atoms with Crippen LogP contribution in [0.5, 0.6) is 0 Å². The standard InChI is InChI=1S/C15H22ClN3OSSi.C9H7Cl2N3S/c1-15(2,3)22(4,5)20-10-11-7-6-8-13(18-11)19-14-17-9-12(16)21-14;10-4-6-2-1-3-8(13-6)14-9-12-5-7(11)15-9/h6-9H,10H2,1-5H3,(H,17,18,19);1-3,5H,4H2,(H,12,13,14). The summed E-state index contributed by atoms with van der Waals surface area (Å²) in [4.78, 5) is 17.1. The summed E-state index contributed by atoms with van der Waals surface area (Å²) in [5.41, 5.74) is 1.74. The monoisotopic (exact) mass is 614 g/mol. The maximum absolute atomic E-state index is 6.20. The minimum absolute atomic E-state index is 0.195. The summed E-state index contributed by atoms with van der Waals surface area (Å²) in [6, 6.07) is 11.5.